The van der Waals surface area contributed by atoms with Gasteiger partial charge in [0.25, 0.3) is 0 Å². The van der Waals surface area contributed by atoms with E-state index in [-0.39, 0.29) is 17.5 Å². The minimum absolute atomic E-state index is 0.0108. The summed E-state index contributed by atoms with van der Waals surface area (Å²) in [6.45, 7) is 4.68. The van der Waals surface area contributed by atoms with Crippen LogP contribution in [0.1, 0.15) is 34.2 Å². The van der Waals surface area contributed by atoms with E-state index in [1.54, 1.807) is 35.9 Å². The smallest absolute Gasteiger partial charge is 0.242 e. The van der Waals surface area contributed by atoms with E-state index in [2.05, 4.69) is 30.0 Å². The van der Waals surface area contributed by atoms with E-state index in [1.165, 1.54) is 18.3 Å². The van der Waals surface area contributed by atoms with E-state index >= 15 is 0 Å². The van der Waals surface area contributed by atoms with Crippen molar-refractivity contribution in [3.63, 3.8) is 0 Å². The van der Waals surface area contributed by atoms with E-state index in [4.69, 9.17) is 4.74 Å². The third kappa shape index (κ3) is 6.41. The molecule has 3 heterocycles. The Balaban J connectivity index is 1.30. The number of benzene rings is 1. The monoisotopic (exact) mass is 496 g/mol. The molecule has 0 aliphatic carbocycles. The number of ether oxygens (including phenoxy) is 1. The van der Waals surface area contributed by atoms with Crippen LogP contribution in [-0.2, 0) is 23.1 Å². The van der Waals surface area contributed by atoms with Crippen molar-refractivity contribution in [2.75, 3.05) is 0 Å². The molecule has 1 unspecified atom stereocenters. The molecule has 176 valence electrons. The van der Waals surface area contributed by atoms with Gasteiger partial charge in [-0.2, -0.15) is 0 Å². The lowest BCUT2D eigenvalue weighted by Crippen LogP contribution is -2.24. The molecular weight excluding hydrogens is 472 g/mol. The summed E-state index contributed by atoms with van der Waals surface area (Å²) in [6.07, 6.45) is 6.34. The van der Waals surface area contributed by atoms with Gasteiger partial charge in [-0.1, -0.05) is 18.2 Å². The molecule has 11 heteroatoms. The highest BCUT2D eigenvalue weighted by Crippen LogP contribution is 2.20. The molecule has 0 bridgehead atoms. The maximum Gasteiger partial charge on any atom is 0.242 e. The zero-order valence-corrected chi connectivity index (χ0v) is 20.3. The molecule has 0 spiro atoms. The largest absolute Gasteiger partial charge is 0.439 e. The van der Waals surface area contributed by atoms with E-state index < -0.39 is 10.0 Å². The molecule has 0 aliphatic rings. The maximum absolute atomic E-state index is 12.6. The first-order valence-corrected chi connectivity index (χ1v) is 12.8. The highest BCUT2D eigenvalue weighted by atomic mass is 32.2. The van der Waals surface area contributed by atoms with Gasteiger partial charge in [0.1, 0.15) is 10.6 Å². The van der Waals surface area contributed by atoms with E-state index in [1.807, 2.05) is 38.2 Å². The highest BCUT2D eigenvalue weighted by Gasteiger charge is 2.16. The molecule has 4 aromatic rings. The molecule has 0 amide bonds. The van der Waals surface area contributed by atoms with Gasteiger partial charge in [-0.3, -0.25) is 9.97 Å². The number of para-hydroxylation sites is 1. The van der Waals surface area contributed by atoms with Crippen molar-refractivity contribution in [2.45, 2.75) is 37.9 Å². The Morgan fingerprint density at radius 1 is 0.941 bits per heavy atom. The molecule has 9 nitrogen and oxygen atoms in total. The zero-order chi connectivity index (χ0) is 24.0. The average molecular weight is 497 g/mol. The normalized spacial score (nSPS) is 12.4. The molecule has 2 N–H and O–H groups in total. The second-order valence-electron chi connectivity index (χ2n) is 7.45. The predicted octanol–water partition coefficient (Wildman–Crippen LogP) is 3.76. The second-order valence-corrected chi connectivity index (χ2v) is 10.5. The molecule has 4 rings (SSSR count). The molecule has 34 heavy (non-hydrogen) atoms. The average Bonchev–Trinajstić information content (AvgIpc) is 3.28. The second kappa shape index (κ2) is 10.8. The van der Waals surface area contributed by atoms with Gasteiger partial charge in [-0.25, -0.2) is 23.1 Å². The fraction of sp³-hybridized carbons (Fsp3) is 0.217. The van der Waals surface area contributed by atoms with Gasteiger partial charge in [0, 0.05) is 29.7 Å². The Morgan fingerprint density at radius 2 is 1.76 bits per heavy atom. The van der Waals surface area contributed by atoms with Gasteiger partial charge in [0.05, 0.1) is 41.5 Å². The zero-order valence-electron chi connectivity index (χ0n) is 18.7. The predicted molar refractivity (Wildman–Crippen MR) is 129 cm³/mol. The standard InChI is InChI=1S/C23H24N6O3S2/c1-16(24-12-20-13-25-17(2)33-20)22-15-26-18(10-27-22)11-29-34(30,31)21-8-9-23(28-14-21)32-19-6-4-3-5-7-19/h3-10,13-16,24,29H,11-12H2,1-2H3. The van der Waals surface area contributed by atoms with Crippen LogP contribution in [0.25, 0.3) is 0 Å². The minimum Gasteiger partial charge on any atom is -0.439 e. The molecule has 0 radical (unpaired) electrons. The summed E-state index contributed by atoms with van der Waals surface area (Å²) >= 11 is 1.65. The van der Waals surface area contributed by atoms with Crippen molar-refractivity contribution in [3.05, 3.63) is 88.5 Å². The van der Waals surface area contributed by atoms with Crippen LogP contribution >= 0.6 is 11.3 Å². The molecular formula is C23H24N6O3S2. The Labute approximate surface area is 202 Å². The number of sulfonamides is 1. The van der Waals surface area contributed by atoms with Crippen molar-refractivity contribution < 1.29 is 13.2 Å². The lowest BCUT2D eigenvalue weighted by atomic mass is 10.2. The van der Waals surface area contributed by atoms with Crippen LogP contribution in [0.2, 0.25) is 0 Å². The number of pyridine rings is 1. The quantitative estimate of drug-likeness (QED) is 0.341. The fourth-order valence-electron chi connectivity index (χ4n) is 2.97. The van der Waals surface area contributed by atoms with Crippen molar-refractivity contribution >= 4 is 21.4 Å². The molecule has 1 aromatic carbocycles. The summed E-state index contributed by atoms with van der Waals surface area (Å²) in [4.78, 5) is 18.3. The van der Waals surface area contributed by atoms with Gasteiger partial charge in [-0.15, -0.1) is 11.3 Å². The molecule has 0 fully saturated rings. The fourth-order valence-corrected chi connectivity index (χ4v) is 4.66. The SMILES string of the molecule is Cc1ncc(CNC(C)c2cnc(CNS(=O)(=O)c3ccc(Oc4ccccc4)nc3)cn2)s1. The molecule has 1 atom stereocenters. The van der Waals surface area contributed by atoms with Crippen molar-refractivity contribution in [2.24, 2.45) is 0 Å². The highest BCUT2D eigenvalue weighted by molar-refractivity contribution is 7.89. The summed E-state index contributed by atoms with van der Waals surface area (Å²) in [7, 11) is -3.76. The topological polar surface area (TPSA) is 119 Å². The number of aryl methyl sites for hydroxylation is 1. The Bertz CT molecular complexity index is 1310. The summed E-state index contributed by atoms with van der Waals surface area (Å²) in [6, 6.07) is 12.1. The number of nitrogens with one attached hydrogen (secondary N) is 2. The van der Waals surface area contributed by atoms with E-state index in [0.29, 0.717) is 23.9 Å². The summed E-state index contributed by atoms with van der Waals surface area (Å²) in [5, 5.41) is 4.42. The van der Waals surface area contributed by atoms with E-state index in [9.17, 15) is 8.42 Å². The number of nitrogens with zero attached hydrogens (tertiary/aromatic N) is 4. The van der Waals surface area contributed by atoms with Crippen LogP contribution in [-0.4, -0.2) is 28.4 Å². The van der Waals surface area contributed by atoms with Gasteiger partial charge in [0.2, 0.25) is 15.9 Å². The van der Waals surface area contributed by atoms with Crippen molar-refractivity contribution in [1.82, 2.24) is 30.0 Å². The van der Waals surface area contributed by atoms with Crippen molar-refractivity contribution in [3.8, 4) is 11.6 Å². The van der Waals surface area contributed by atoms with Crippen LogP contribution in [0.3, 0.4) is 0 Å². The number of aromatic nitrogens is 4. The van der Waals surface area contributed by atoms with Crippen LogP contribution < -0.4 is 14.8 Å². The first-order chi connectivity index (χ1) is 16.4. The third-order valence-electron chi connectivity index (χ3n) is 4.85. The van der Waals surface area contributed by atoms with Crippen LogP contribution in [0, 0.1) is 6.92 Å². The first-order valence-electron chi connectivity index (χ1n) is 10.5. The van der Waals surface area contributed by atoms with Crippen LogP contribution in [0.15, 0.2) is 72.1 Å². The summed E-state index contributed by atoms with van der Waals surface area (Å²) in [5.74, 6) is 0.925. The lowest BCUT2D eigenvalue weighted by Gasteiger charge is -2.12. The summed E-state index contributed by atoms with van der Waals surface area (Å²) < 4.78 is 33.4. The number of hydrogen-bond acceptors (Lipinski definition) is 9. The molecule has 0 saturated carbocycles. The van der Waals surface area contributed by atoms with Gasteiger partial charge in [-0.05, 0) is 32.0 Å². The van der Waals surface area contributed by atoms with Gasteiger partial charge >= 0.3 is 0 Å². The Hall–Kier alpha value is -3.25. The number of rotatable bonds is 10. The van der Waals surface area contributed by atoms with Gasteiger partial charge in [0.15, 0.2) is 0 Å². The lowest BCUT2D eigenvalue weighted by molar-refractivity contribution is 0.462. The maximum atomic E-state index is 12.6. The third-order valence-corrected chi connectivity index (χ3v) is 7.15. The van der Waals surface area contributed by atoms with Gasteiger partial charge < -0.3 is 10.1 Å². The van der Waals surface area contributed by atoms with Crippen molar-refractivity contribution in [1.29, 1.82) is 0 Å². The number of thiazole rings is 1. The molecule has 3 aromatic heterocycles. The van der Waals surface area contributed by atoms with Crippen LogP contribution in [0.4, 0.5) is 0 Å². The van der Waals surface area contributed by atoms with Crippen LogP contribution in [0.5, 0.6) is 11.6 Å². The first kappa shape index (κ1) is 23.9. The molecule has 0 aliphatic heterocycles. The summed E-state index contributed by atoms with van der Waals surface area (Å²) in [5.41, 5.74) is 1.28. The number of hydrogen-bond donors (Lipinski definition) is 2. The minimum atomic E-state index is -3.76. The molecule has 0 saturated heterocycles. The Morgan fingerprint density at radius 3 is 2.41 bits per heavy atom. The van der Waals surface area contributed by atoms with E-state index in [0.717, 1.165) is 15.6 Å². The Kier molecular flexibility index (Phi) is 7.58.